The van der Waals surface area contributed by atoms with Gasteiger partial charge in [0.25, 0.3) is 0 Å². The molecule has 4 saturated heterocycles. The van der Waals surface area contributed by atoms with Crippen LogP contribution in [0.3, 0.4) is 0 Å². The molecule has 4 aliphatic heterocycles. The number of hydrogen-bond acceptors (Lipinski definition) is 4. The van der Waals surface area contributed by atoms with Gasteiger partial charge in [-0.15, -0.1) is 0 Å². The van der Waals surface area contributed by atoms with Crippen molar-refractivity contribution in [2.75, 3.05) is 39.3 Å². The summed E-state index contributed by atoms with van der Waals surface area (Å²) in [5.74, 6) is 0.669. The van der Waals surface area contributed by atoms with E-state index in [2.05, 4.69) is 9.80 Å². The van der Waals surface area contributed by atoms with Crippen molar-refractivity contribution in [1.82, 2.24) is 9.80 Å². The fourth-order valence-electron chi connectivity index (χ4n) is 5.28. The number of nitrogens with zero attached hydrogens (tertiary/aromatic N) is 2. The molecule has 0 aromatic heterocycles. The van der Waals surface area contributed by atoms with E-state index in [4.69, 9.17) is 10.5 Å². The summed E-state index contributed by atoms with van der Waals surface area (Å²) in [5, 5.41) is 0. The molecule has 0 aromatic rings. The summed E-state index contributed by atoms with van der Waals surface area (Å²) >= 11 is 0. The topological polar surface area (TPSA) is 41.7 Å². The number of nitrogens with two attached hydrogens (primary N) is 1. The van der Waals surface area contributed by atoms with Gasteiger partial charge in [0.1, 0.15) is 0 Å². The first-order chi connectivity index (χ1) is 10.3. The molecule has 3 atom stereocenters. The second-order valence-corrected chi connectivity index (χ2v) is 7.83. The van der Waals surface area contributed by atoms with Crippen molar-refractivity contribution in [3.05, 3.63) is 0 Å². The molecule has 2 N–H and O–H groups in total. The van der Waals surface area contributed by atoms with E-state index in [9.17, 15) is 0 Å². The molecule has 1 aliphatic carbocycles. The largest absolute Gasteiger partial charge is 0.375 e. The van der Waals surface area contributed by atoms with Crippen LogP contribution >= 0.6 is 0 Å². The number of hydrogen-bond donors (Lipinski definition) is 1. The average molecular weight is 293 g/mol. The van der Waals surface area contributed by atoms with Gasteiger partial charge in [0, 0.05) is 51.4 Å². The van der Waals surface area contributed by atoms with Crippen LogP contribution in [0.1, 0.15) is 44.9 Å². The number of fused-ring (bicyclic) bond motifs is 3. The summed E-state index contributed by atoms with van der Waals surface area (Å²) in [7, 11) is 0. The zero-order valence-electron chi connectivity index (χ0n) is 13.3. The van der Waals surface area contributed by atoms with Crippen LogP contribution in [0.2, 0.25) is 0 Å². The van der Waals surface area contributed by atoms with Crippen LogP contribution in [0.15, 0.2) is 0 Å². The van der Waals surface area contributed by atoms with Crippen molar-refractivity contribution >= 4 is 0 Å². The Morgan fingerprint density at radius 1 is 1.05 bits per heavy atom. The predicted octanol–water partition coefficient (Wildman–Crippen LogP) is 1.44. The second kappa shape index (κ2) is 5.80. The molecule has 4 heteroatoms. The minimum atomic E-state index is 0.197. The molecule has 5 aliphatic rings. The monoisotopic (exact) mass is 293 g/mol. The van der Waals surface area contributed by atoms with Gasteiger partial charge in [-0.3, -0.25) is 9.80 Å². The Hall–Kier alpha value is -0.160. The first kappa shape index (κ1) is 14.4. The Morgan fingerprint density at radius 3 is 2.48 bits per heavy atom. The van der Waals surface area contributed by atoms with Crippen LogP contribution in [-0.2, 0) is 4.74 Å². The van der Waals surface area contributed by atoms with Crippen molar-refractivity contribution in [3.8, 4) is 0 Å². The Labute approximate surface area is 129 Å². The van der Waals surface area contributed by atoms with Crippen LogP contribution in [0, 0.1) is 5.92 Å². The first-order valence-corrected chi connectivity index (χ1v) is 9.12. The van der Waals surface area contributed by atoms with Crippen LogP contribution < -0.4 is 5.73 Å². The quantitative estimate of drug-likeness (QED) is 0.836. The molecule has 4 heterocycles. The Morgan fingerprint density at radius 2 is 1.81 bits per heavy atom. The SMILES string of the molecule is NC(C1CCOC2(CCCCC2)C1)C1CN2CCN1CC2. The van der Waals surface area contributed by atoms with Crippen molar-refractivity contribution in [2.45, 2.75) is 62.6 Å². The predicted molar refractivity (Wildman–Crippen MR) is 84.3 cm³/mol. The number of ether oxygens (including phenoxy) is 1. The normalized spacial score (nSPS) is 43.9. The molecule has 0 aromatic carbocycles. The van der Waals surface area contributed by atoms with Gasteiger partial charge in [-0.2, -0.15) is 0 Å². The Bertz CT molecular complexity index is 356. The minimum Gasteiger partial charge on any atom is -0.375 e. The van der Waals surface area contributed by atoms with Gasteiger partial charge < -0.3 is 10.5 Å². The maximum Gasteiger partial charge on any atom is 0.0685 e. The van der Waals surface area contributed by atoms with Crippen molar-refractivity contribution in [1.29, 1.82) is 0 Å². The zero-order chi connectivity index (χ0) is 14.3. The average Bonchev–Trinajstić information content (AvgIpc) is 2.56. The van der Waals surface area contributed by atoms with E-state index in [0.29, 0.717) is 18.0 Å². The molecule has 1 spiro atoms. The fraction of sp³-hybridized carbons (Fsp3) is 1.00. The molecule has 3 unspecified atom stereocenters. The van der Waals surface area contributed by atoms with Crippen LogP contribution in [0.4, 0.5) is 0 Å². The smallest absolute Gasteiger partial charge is 0.0685 e. The molecule has 21 heavy (non-hydrogen) atoms. The summed E-state index contributed by atoms with van der Waals surface area (Å²) < 4.78 is 6.26. The van der Waals surface area contributed by atoms with Crippen molar-refractivity contribution < 1.29 is 4.74 Å². The summed E-state index contributed by atoms with van der Waals surface area (Å²) in [4.78, 5) is 5.27. The molecule has 120 valence electrons. The zero-order valence-corrected chi connectivity index (χ0v) is 13.3. The van der Waals surface area contributed by atoms with E-state index in [1.165, 1.54) is 77.7 Å². The summed E-state index contributed by atoms with van der Waals surface area (Å²) in [6.45, 7) is 7.10. The van der Waals surface area contributed by atoms with Gasteiger partial charge in [0.2, 0.25) is 0 Å². The third kappa shape index (κ3) is 2.76. The van der Waals surface area contributed by atoms with E-state index in [1.807, 2.05) is 0 Å². The van der Waals surface area contributed by atoms with Gasteiger partial charge in [-0.05, 0) is 31.6 Å². The first-order valence-electron chi connectivity index (χ1n) is 9.12. The highest BCUT2D eigenvalue weighted by molar-refractivity contribution is 5.00. The lowest BCUT2D eigenvalue weighted by molar-refractivity contribution is -0.126. The summed E-state index contributed by atoms with van der Waals surface area (Å²) in [5.41, 5.74) is 6.97. The van der Waals surface area contributed by atoms with Crippen LogP contribution in [-0.4, -0.2) is 66.8 Å². The molecule has 2 bridgehead atoms. The number of rotatable bonds is 2. The van der Waals surface area contributed by atoms with Gasteiger partial charge in [-0.1, -0.05) is 19.3 Å². The third-order valence-electron chi connectivity index (χ3n) is 6.61. The summed E-state index contributed by atoms with van der Waals surface area (Å²) in [6.07, 6.45) is 9.04. The van der Waals surface area contributed by atoms with Crippen LogP contribution in [0.5, 0.6) is 0 Å². The molecular weight excluding hydrogens is 262 g/mol. The summed E-state index contributed by atoms with van der Waals surface area (Å²) in [6, 6.07) is 0.937. The molecular formula is C17H31N3O. The maximum absolute atomic E-state index is 6.78. The number of piperazine rings is 3. The van der Waals surface area contributed by atoms with Gasteiger partial charge in [0.15, 0.2) is 0 Å². The molecule has 1 saturated carbocycles. The van der Waals surface area contributed by atoms with E-state index in [0.717, 1.165) is 6.61 Å². The van der Waals surface area contributed by atoms with Gasteiger partial charge in [-0.25, -0.2) is 0 Å². The maximum atomic E-state index is 6.78. The van der Waals surface area contributed by atoms with E-state index < -0.39 is 0 Å². The highest BCUT2D eigenvalue weighted by atomic mass is 16.5. The van der Waals surface area contributed by atoms with Crippen molar-refractivity contribution in [3.63, 3.8) is 0 Å². The van der Waals surface area contributed by atoms with Gasteiger partial charge >= 0.3 is 0 Å². The third-order valence-corrected chi connectivity index (χ3v) is 6.61. The fourth-order valence-corrected chi connectivity index (χ4v) is 5.28. The Kier molecular flexibility index (Phi) is 3.99. The standard InChI is InChI=1S/C17H31N3O/c18-16(15-13-19-7-9-20(15)10-8-19)14-4-11-21-17(12-14)5-2-1-3-6-17/h14-16H,1-13,18H2. The van der Waals surface area contributed by atoms with Crippen molar-refractivity contribution in [2.24, 2.45) is 11.7 Å². The molecule has 5 rings (SSSR count). The highest BCUT2D eigenvalue weighted by Gasteiger charge is 2.44. The van der Waals surface area contributed by atoms with E-state index in [1.54, 1.807) is 0 Å². The highest BCUT2D eigenvalue weighted by Crippen LogP contribution is 2.42. The lowest BCUT2D eigenvalue weighted by atomic mass is 9.72. The lowest BCUT2D eigenvalue weighted by Gasteiger charge is -2.52. The minimum absolute atomic E-state index is 0.197. The van der Waals surface area contributed by atoms with E-state index in [-0.39, 0.29) is 5.60 Å². The Balaban J connectivity index is 1.43. The molecule has 5 fully saturated rings. The second-order valence-electron chi connectivity index (χ2n) is 7.83. The van der Waals surface area contributed by atoms with Gasteiger partial charge in [0.05, 0.1) is 5.60 Å². The van der Waals surface area contributed by atoms with Crippen LogP contribution in [0.25, 0.3) is 0 Å². The molecule has 4 nitrogen and oxygen atoms in total. The molecule has 0 radical (unpaired) electrons. The lowest BCUT2D eigenvalue weighted by Crippen LogP contribution is -2.67. The van der Waals surface area contributed by atoms with E-state index >= 15 is 0 Å². The molecule has 0 amide bonds.